The summed E-state index contributed by atoms with van der Waals surface area (Å²) in [5, 5.41) is 9.01. The first-order valence-corrected chi connectivity index (χ1v) is 10.3. The molecule has 27 heavy (non-hydrogen) atoms. The van der Waals surface area contributed by atoms with E-state index in [1.54, 1.807) is 0 Å². The smallest absolute Gasteiger partial charge is 0.257 e. The molecule has 0 radical (unpaired) electrons. The average Bonchev–Trinajstić information content (AvgIpc) is 3.31. The van der Waals surface area contributed by atoms with Crippen LogP contribution >= 0.6 is 11.5 Å². The highest BCUT2D eigenvalue weighted by Gasteiger charge is 2.22. The van der Waals surface area contributed by atoms with Gasteiger partial charge in [0.2, 0.25) is 0 Å². The molecule has 0 aliphatic heterocycles. The van der Waals surface area contributed by atoms with E-state index >= 15 is 0 Å². The second kappa shape index (κ2) is 7.64. The maximum Gasteiger partial charge on any atom is 0.257 e. The molecule has 0 saturated heterocycles. The van der Waals surface area contributed by atoms with Gasteiger partial charge in [-0.05, 0) is 56.4 Å². The molecule has 1 aliphatic rings. The number of hydrogen-bond acceptors (Lipinski definition) is 4. The van der Waals surface area contributed by atoms with Crippen LogP contribution in [0.25, 0.3) is 11.3 Å². The number of rotatable bonds is 4. The molecule has 0 spiro atoms. The van der Waals surface area contributed by atoms with Gasteiger partial charge in [-0.15, -0.1) is 5.10 Å². The van der Waals surface area contributed by atoms with E-state index in [0.29, 0.717) is 6.04 Å². The Hall–Kier alpha value is -2.47. The summed E-state index contributed by atoms with van der Waals surface area (Å²) in [5.74, 6) is -0.0479. The highest BCUT2D eigenvalue weighted by molar-refractivity contribution is 7.03. The van der Waals surface area contributed by atoms with Crippen LogP contribution in [0.1, 0.15) is 59.9 Å². The summed E-state index contributed by atoms with van der Waals surface area (Å²) in [7, 11) is 0. The van der Waals surface area contributed by atoms with E-state index in [2.05, 4.69) is 33.3 Å². The Kier molecular flexibility index (Phi) is 5.07. The van der Waals surface area contributed by atoms with Gasteiger partial charge in [-0.1, -0.05) is 35.9 Å². The number of amides is 1. The van der Waals surface area contributed by atoms with Crippen molar-refractivity contribution in [1.29, 1.82) is 0 Å². The van der Waals surface area contributed by atoms with Crippen molar-refractivity contribution in [3.05, 3.63) is 52.7 Å². The number of carbonyl (C=O) groups is 1. The molecule has 1 N–H and O–H groups in total. The summed E-state index contributed by atoms with van der Waals surface area (Å²) in [6.45, 7) is 4.17. The number of aromatic nitrogens is 3. The maximum atomic E-state index is 12.9. The third kappa shape index (κ3) is 3.67. The van der Waals surface area contributed by atoms with E-state index in [1.807, 2.05) is 35.7 Å². The Morgan fingerprint density at radius 1 is 1.15 bits per heavy atom. The molecule has 0 atom stereocenters. The van der Waals surface area contributed by atoms with Crippen molar-refractivity contribution in [3.8, 4) is 11.3 Å². The van der Waals surface area contributed by atoms with E-state index in [0.717, 1.165) is 28.2 Å². The summed E-state index contributed by atoms with van der Waals surface area (Å²) in [4.78, 5) is 12.9. The van der Waals surface area contributed by atoms with Gasteiger partial charge in [0.05, 0.1) is 5.56 Å². The van der Waals surface area contributed by atoms with Crippen molar-refractivity contribution in [3.63, 3.8) is 0 Å². The summed E-state index contributed by atoms with van der Waals surface area (Å²) >= 11 is 1.33. The fourth-order valence-corrected chi connectivity index (χ4v) is 4.59. The second-order valence-corrected chi connectivity index (χ2v) is 7.88. The molecular weight excluding hydrogens is 356 g/mol. The van der Waals surface area contributed by atoms with Crippen LogP contribution in [-0.4, -0.2) is 20.1 Å². The van der Waals surface area contributed by atoms with Gasteiger partial charge in [-0.3, -0.25) is 4.79 Å². The van der Waals surface area contributed by atoms with Crippen molar-refractivity contribution in [2.75, 3.05) is 5.32 Å². The van der Waals surface area contributed by atoms with Crippen LogP contribution in [0.15, 0.2) is 35.7 Å². The van der Waals surface area contributed by atoms with Crippen LogP contribution in [0.3, 0.4) is 0 Å². The van der Waals surface area contributed by atoms with Crippen LogP contribution in [0.2, 0.25) is 0 Å². The molecule has 1 aromatic carbocycles. The second-order valence-electron chi connectivity index (χ2n) is 7.27. The molecule has 2 aromatic heterocycles. The van der Waals surface area contributed by atoms with Gasteiger partial charge in [-0.2, -0.15) is 0 Å². The molecule has 1 fully saturated rings. The van der Waals surface area contributed by atoms with Gasteiger partial charge in [0.1, 0.15) is 5.69 Å². The molecule has 5 nitrogen and oxygen atoms in total. The lowest BCUT2D eigenvalue weighted by atomic mass is 9.95. The molecule has 1 saturated carbocycles. The van der Waals surface area contributed by atoms with Crippen molar-refractivity contribution in [1.82, 2.24) is 14.2 Å². The quantitative estimate of drug-likeness (QED) is 0.661. The predicted octanol–water partition coefficient (Wildman–Crippen LogP) is 5.38. The van der Waals surface area contributed by atoms with Crippen molar-refractivity contribution < 1.29 is 4.79 Å². The normalized spacial score (nSPS) is 15.0. The van der Waals surface area contributed by atoms with Gasteiger partial charge >= 0.3 is 0 Å². The van der Waals surface area contributed by atoms with Crippen LogP contribution in [-0.2, 0) is 0 Å². The lowest BCUT2D eigenvalue weighted by molar-refractivity contribution is 0.102. The summed E-state index contributed by atoms with van der Waals surface area (Å²) in [6.07, 6.45) is 6.32. The van der Waals surface area contributed by atoms with Gasteiger partial charge < -0.3 is 9.88 Å². The number of benzene rings is 1. The fourth-order valence-electron chi connectivity index (χ4n) is 4.12. The molecule has 140 valence electrons. The number of anilines is 1. The van der Waals surface area contributed by atoms with E-state index in [4.69, 9.17) is 0 Å². The molecule has 1 amide bonds. The van der Waals surface area contributed by atoms with Crippen molar-refractivity contribution >= 4 is 23.1 Å². The Morgan fingerprint density at radius 2 is 1.89 bits per heavy atom. The van der Waals surface area contributed by atoms with Crippen molar-refractivity contribution in [2.24, 2.45) is 0 Å². The van der Waals surface area contributed by atoms with Gasteiger partial charge in [0, 0.05) is 34.1 Å². The van der Waals surface area contributed by atoms with E-state index < -0.39 is 0 Å². The van der Waals surface area contributed by atoms with Crippen LogP contribution < -0.4 is 5.32 Å². The Morgan fingerprint density at radius 3 is 2.56 bits per heavy atom. The SMILES string of the molecule is Cc1cc(C(=O)Nc2ccc(-c3csnn3)cc2)c(C)n1C1CCCCC1. The van der Waals surface area contributed by atoms with E-state index in [-0.39, 0.29) is 5.91 Å². The zero-order valence-corrected chi connectivity index (χ0v) is 16.6. The number of hydrogen-bond donors (Lipinski definition) is 1. The minimum atomic E-state index is -0.0479. The highest BCUT2D eigenvalue weighted by atomic mass is 32.1. The predicted molar refractivity (Wildman–Crippen MR) is 109 cm³/mol. The molecule has 6 heteroatoms. The molecule has 3 aromatic rings. The van der Waals surface area contributed by atoms with Gasteiger partial charge in [0.25, 0.3) is 5.91 Å². The first-order chi connectivity index (χ1) is 13.1. The fraction of sp³-hybridized carbons (Fsp3) is 0.381. The average molecular weight is 381 g/mol. The minimum Gasteiger partial charge on any atom is -0.345 e. The molecular formula is C21H24N4OS. The Balaban J connectivity index is 1.51. The summed E-state index contributed by atoms with van der Waals surface area (Å²) in [6, 6.07) is 10.3. The van der Waals surface area contributed by atoms with Crippen LogP contribution in [0, 0.1) is 13.8 Å². The topological polar surface area (TPSA) is 59.8 Å². The Labute approximate surface area is 163 Å². The monoisotopic (exact) mass is 380 g/mol. The number of nitrogens with zero attached hydrogens (tertiary/aromatic N) is 3. The molecule has 0 unspecified atom stereocenters. The lowest BCUT2D eigenvalue weighted by Gasteiger charge is -2.26. The maximum absolute atomic E-state index is 12.9. The molecule has 4 rings (SSSR count). The van der Waals surface area contributed by atoms with E-state index in [1.165, 1.54) is 49.3 Å². The third-order valence-corrected chi connectivity index (χ3v) is 5.97. The lowest BCUT2D eigenvalue weighted by Crippen LogP contribution is -2.17. The third-order valence-electron chi connectivity index (χ3n) is 5.47. The van der Waals surface area contributed by atoms with Crippen LogP contribution in [0.5, 0.6) is 0 Å². The Bertz CT molecular complexity index is 922. The zero-order chi connectivity index (χ0) is 18.8. The zero-order valence-electron chi connectivity index (χ0n) is 15.7. The summed E-state index contributed by atoms with van der Waals surface area (Å²) < 4.78 is 6.25. The first-order valence-electron chi connectivity index (χ1n) is 9.51. The molecule has 0 bridgehead atoms. The number of nitrogens with one attached hydrogen (secondary N) is 1. The van der Waals surface area contributed by atoms with E-state index in [9.17, 15) is 4.79 Å². The minimum absolute atomic E-state index is 0.0479. The van der Waals surface area contributed by atoms with Crippen LogP contribution in [0.4, 0.5) is 5.69 Å². The molecule has 1 aliphatic carbocycles. The molecule has 2 heterocycles. The van der Waals surface area contributed by atoms with Gasteiger partial charge in [-0.25, -0.2) is 0 Å². The van der Waals surface area contributed by atoms with Crippen molar-refractivity contribution in [2.45, 2.75) is 52.0 Å². The van der Waals surface area contributed by atoms with Gasteiger partial charge in [0.15, 0.2) is 0 Å². The highest BCUT2D eigenvalue weighted by Crippen LogP contribution is 2.32. The number of carbonyl (C=O) groups excluding carboxylic acids is 1. The summed E-state index contributed by atoms with van der Waals surface area (Å²) in [5.41, 5.74) is 5.66. The largest absolute Gasteiger partial charge is 0.345 e. The standard InChI is InChI=1S/C21H24N4OS/c1-14-12-19(15(2)25(14)18-6-4-3-5-7-18)21(26)22-17-10-8-16(9-11-17)20-13-27-24-23-20/h8-13,18H,3-7H2,1-2H3,(H,22,26). The first kappa shape index (κ1) is 17.9. The number of aryl methyl sites for hydroxylation is 1.